The van der Waals surface area contributed by atoms with Crippen molar-refractivity contribution < 1.29 is 19.4 Å². The summed E-state index contributed by atoms with van der Waals surface area (Å²) in [5.41, 5.74) is -0.334. The zero-order valence-corrected chi connectivity index (χ0v) is 10.6. The van der Waals surface area contributed by atoms with Crippen molar-refractivity contribution in [1.29, 1.82) is 0 Å². The van der Waals surface area contributed by atoms with Crippen LogP contribution in [0.1, 0.15) is 26.2 Å². The third-order valence-corrected chi connectivity index (χ3v) is 3.02. The van der Waals surface area contributed by atoms with E-state index in [1.165, 1.54) is 6.08 Å². The minimum Gasteiger partial charge on any atom is -0.480 e. The first-order valence-corrected chi connectivity index (χ1v) is 5.97. The lowest BCUT2D eigenvalue weighted by Crippen LogP contribution is -2.55. The van der Waals surface area contributed by atoms with Crippen LogP contribution in [0.15, 0.2) is 12.7 Å². The number of nitrogens with one attached hydrogen (secondary N) is 2. The Balaban J connectivity index is 2.48. The Hall–Kier alpha value is -1.56. The number of ether oxygens (including phenoxy) is 1. The number of amides is 2. The number of carboxylic acid groups (broad SMARTS) is 1. The average Bonchev–Trinajstić information content (AvgIpc) is 2.28. The standard InChI is InChI=1S/C12H20N2O4/c1-3-4-9(10(15)16)13-11(17)14-12(2)5-7-18-8-6-12/h3,9H,1,4-8H2,2H3,(H,15,16)(H2,13,14,17). The molecule has 2 amide bonds. The maximum absolute atomic E-state index is 11.7. The highest BCUT2D eigenvalue weighted by atomic mass is 16.5. The number of rotatable bonds is 5. The van der Waals surface area contributed by atoms with Crippen LogP contribution in [0, 0.1) is 0 Å². The molecule has 0 spiro atoms. The predicted octanol–water partition coefficient (Wildman–Crippen LogP) is 0.884. The van der Waals surface area contributed by atoms with Gasteiger partial charge in [-0.25, -0.2) is 9.59 Å². The molecule has 0 aromatic heterocycles. The van der Waals surface area contributed by atoms with Gasteiger partial charge in [0.2, 0.25) is 0 Å². The molecule has 1 unspecified atom stereocenters. The van der Waals surface area contributed by atoms with Crippen molar-refractivity contribution >= 4 is 12.0 Å². The number of carboxylic acids is 1. The molecule has 18 heavy (non-hydrogen) atoms. The fourth-order valence-corrected chi connectivity index (χ4v) is 1.80. The van der Waals surface area contributed by atoms with Gasteiger partial charge in [0, 0.05) is 18.8 Å². The lowest BCUT2D eigenvalue weighted by Gasteiger charge is -2.34. The van der Waals surface area contributed by atoms with Gasteiger partial charge in [0.1, 0.15) is 6.04 Å². The van der Waals surface area contributed by atoms with E-state index in [1.54, 1.807) is 0 Å². The quantitative estimate of drug-likeness (QED) is 0.637. The molecule has 102 valence electrons. The third-order valence-electron chi connectivity index (χ3n) is 3.02. The Labute approximate surface area is 106 Å². The highest BCUT2D eigenvalue weighted by Gasteiger charge is 2.30. The van der Waals surface area contributed by atoms with Crippen molar-refractivity contribution in [2.45, 2.75) is 37.8 Å². The van der Waals surface area contributed by atoms with E-state index in [4.69, 9.17) is 9.84 Å². The van der Waals surface area contributed by atoms with Crippen molar-refractivity contribution in [3.05, 3.63) is 12.7 Å². The largest absolute Gasteiger partial charge is 0.480 e. The fourth-order valence-electron chi connectivity index (χ4n) is 1.80. The van der Waals surface area contributed by atoms with E-state index in [0.717, 1.165) is 12.8 Å². The van der Waals surface area contributed by atoms with Crippen LogP contribution in [0.2, 0.25) is 0 Å². The van der Waals surface area contributed by atoms with Gasteiger partial charge in [-0.3, -0.25) is 0 Å². The molecule has 1 atom stereocenters. The van der Waals surface area contributed by atoms with Crippen LogP contribution < -0.4 is 10.6 Å². The summed E-state index contributed by atoms with van der Waals surface area (Å²) in [4.78, 5) is 22.6. The summed E-state index contributed by atoms with van der Waals surface area (Å²) in [6, 6.07) is -1.40. The van der Waals surface area contributed by atoms with Gasteiger partial charge in [-0.2, -0.15) is 0 Å². The first kappa shape index (κ1) is 14.5. The van der Waals surface area contributed by atoms with Crippen LogP contribution in [0.3, 0.4) is 0 Å². The van der Waals surface area contributed by atoms with Crippen molar-refractivity contribution in [3.63, 3.8) is 0 Å². The van der Waals surface area contributed by atoms with E-state index in [9.17, 15) is 9.59 Å². The molecule has 0 aliphatic carbocycles. The van der Waals surface area contributed by atoms with Crippen molar-refractivity contribution in [3.8, 4) is 0 Å². The van der Waals surface area contributed by atoms with Gasteiger partial charge in [-0.1, -0.05) is 6.08 Å². The molecule has 1 aliphatic heterocycles. The van der Waals surface area contributed by atoms with Gasteiger partial charge in [-0.05, 0) is 26.2 Å². The van der Waals surface area contributed by atoms with Crippen LogP contribution in [-0.2, 0) is 9.53 Å². The molecular weight excluding hydrogens is 236 g/mol. The fraction of sp³-hybridized carbons (Fsp3) is 0.667. The third kappa shape index (κ3) is 4.37. The second-order valence-electron chi connectivity index (χ2n) is 4.69. The van der Waals surface area contributed by atoms with E-state index in [2.05, 4.69) is 17.2 Å². The molecule has 3 N–H and O–H groups in total. The molecule has 0 bridgehead atoms. The summed E-state index contributed by atoms with van der Waals surface area (Å²) in [5, 5.41) is 14.2. The molecular formula is C12H20N2O4. The maximum atomic E-state index is 11.7. The van der Waals surface area contributed by atoms with E-state index in [-0.39, 0.29) is 12.0 Å². The lowest BCUT2D eigenvalue weighted by molar-refractivity contribution is -0.139. The summed E-state index contributed by atoms with van der Waals surface area (Å²) < 4.78 is 5.23. The number of carbonyl (C=O) groups is 2. The van der Waals surface area contributed by atoms with E-state index in [1.807, 2.05) is 6.92 Å². The molecule has 0 saturated carbocycles. The summed E-state index contributed by atoms with van der Waals surface area (Å²) in [5.74, 6) is -1.07. The minimum absolute atomic E-state index is 0.197. The highest BCUT2D eigenvalue weighted by Crippen LogP contribution is 2.19. The Morgan fingerprint density at radius 1 is 1.50 bits per heavy atom. The summed E-state index contributed by atoms with van der Waals surface area (Å²) in [6.45, 7) is 6.60. The number of urea groups is 1. The summed E-state index contributed by atoms with van der Waals surface area (Å²) in [6.07, 6.45) is 3.11. The topological polar surface area (TPSA) is 87.7 Å². The monoisotopic (exact) mass is 256 g/mol. The number of hydrogen-bond acceptors (Lipinski definition) is 3. The van der Waals surface area contributed by atoms with Crippen LogP contribution in [0.4, 0.5) is 4.79 Å². The van der Waals surface area contributed by atoms with Crippen LogP contribution in [-0.4, -0.2) is 41.9 Å². The molecule has 1 aliphatic rings. The summed E-state index contributed by atoms with van der Waals surface area (Å²) >= 11 is 0. The first-order valence-electron chi connectivity index (χ1n) is 5.97. The van der Waals surface area contributed by atoms with Gasteiger partial charge in [0.15, 0.2) is 0 Å². The van der Waals surface area contributed by atoms with Gasteiger partial charge >= 0.3 is 12.0 Å². The second kappa shape index (κ2) is 6.39. The van der Waals surface area contributed by atoms with Crippen LogP contribution in [0.25, 0.3) is 0 Å². The minimum atomic E-state index is -1.07. The van der Waals surface area contributed by atoms with E-state index >= 15 is 0 Å². The molecule has 0 radical (unpaired) electrons. The smallest absolute Gasteiger partial charge is 0.326 e. The Morgan fingerprint density at radius 3 is 2.61 bits per heavy atom. The lowest BCUT2D eigenvalue weighted by atomic mass is 9.93. The summed E-state index contributed by atoms with van der Waals surface area (Å²) in [7, 11) is 0. The zero-order valence-electron chi connectivity index (χ0n) is 10.6. The Kier molecular flexibility index (Phi) is 5.15. The normalized spacial score (nSPS) is 19.6. The molecule has 0 aromatic carbocycles. The Bertz CT molecular complexity index is 324. The zero-order chi connectivity index (χ0) is 13.6. The van der Waals surface area contributed by atoms with Crippen LogP contribution in [0.5, 0.6) is 0 Å². The van der Waals surface area contributed by atoms with Gasteiger partial charge in [-0.15, -0.1) is 6.58 Å². The van der Waals surface area contributed by atoms with Crippen LogP contribution >= 0.6 is 0 Å². The van der Waals surface area contributed by atoms with E-state index < -0.39 is 18.0 Å². The van der Waals surface area contributed by atoms with Crippen molar-refractivity contribution in [2.24, 2.45) is 0 Å². The highest BCUT2D eigenvalue weighted by molar-refractivity contribution is 5.83. The molecule has 1 fully saturated rings. The molecule has 0 aromatic rings. The number of hydrogen-bond donors (Lipinski definition) is 3. The van der Waals surface area contributed by atoms with Gasteiger partial charge in [0.25, 0.3) is 0 Å². The molecule has 1 heterocycles. The predicted molar refractivity (Wildman–Crippen MR) is 66.4 cm³/mol. The van der Waals surface area contributed by atoms with Crippen molar-refractivity contribution in [1.82, 2.24) is 10.6 Å². The molecule has 1 saturated heterocycles. The first-order chi connectivity index (χ1) is 8.47. The number of aliphatic carboxylic acids is 1. The number of carbonyl (C=O) groups excluding carboxylic acids is 1. The second-order valence-corrected chi connectivity index (χ2v) is 4.69. The van der Waals surface area contributed by atoms with Gasteiger partial charge in [0.05, 0.1) is 0 Å². The van der Waals surface area contributed by atoms with E-state index in [0.29, 0.717) is 13.2 Å². The molecule has 6 heteroatoms. The Morgan fingerprint density at radius 2 is 2.11 bits per heavy atom. The SMILES string of the molecule is C=CCC(NC(=O)NC1(C)CCOCC1)C(=O)O. The molecule has 6 nitrogen and oxygen atoms in total. The average molecular weight is 256 g/mol. The maximum Gasteiger partial charge on any atom is 0.326 e. The van der Waals surface area contributed by atoms with Gasteiger partial charge < -0.3 is 20.5 Å². The van der Waals surface area contributed by atoms with Crippen molar-refractivity contribution in [2.75, 3.05) is 13.2 Å². The molecule has 1 rings (SSSR count).